The molecule has 0 heterocycles. The van der Waals surface area contributed by atoms with Crippen molar-refractivity contribution in [3.05, 3.63) is 28.2 Å². The van der Waals surface area contributed by atoms with Crippen molar-refractivity contribution in [2.75, 3.05) is 0 Å². The Morgan fingerprint density at radius 1 is 1.47 bits per heavy atom. The van der Waals surface area contributed by atoms with E-state index in [9.17, 15) is 8.78 Å². The van der Waals surface area contributed by atoms with E-state index in [1.165, 1.54) is 0 Å². The van der Waals surface area contributed by atoms with Gasteiger partial charge in [-0.25, -0.2) is 4.99 Å². The third-order valence-corrected chi connectivity index (χ3v) is 3.03. The zero-order valence-electron chi connectivity index (χ0n) is 7.57. The maximum atomic E-state index is 12.7. The first-order valence-electron chi connectivity index (χ1n) is 3.88. The van der Waals surface area contributed by atoms with Gasteiger partial charge < -0.3 is 0 Å². The number of alkyl halides is 3. The first-order valence-corrected chi connectivity index (χ1v) is 5.84. The first kappa shape index (κ1) is 13.1. The van der Waals surface area contributed by atoms with Gasteiger partial charge in [-0.15, -0.1) is 0 Å². The fourth-order valence-electron chi connectivity index (χ4n) is 0.913. The molecule has 1 nitrogen and oxygen atoms in total. The minimum Gasteiger partial charge on any atom is -0.234 e. The molecule has 1 rings (SSSR count). The van der Waals surface area contributed by atoms with E-state index in [1.807, 2.05) is 0 Å². The minimum atomic E-state index is -3.28. The van der Waals surface area contributed by atoms with E-state index in [2.05, 4.69) is 36.9 Å². The van der Waals surface area contributed by atoms with Crippen molar-refractivity contribution in [2.45, 2.75) is 11.8 Å². The molecule has 0 fully saturated rings. The average molecular weight is 361 g/mol. The summed E-state index contributed by atoms with van der Waals surface area (Å²) in [5.74, 6) is 0. The molecule has 0 saturated carbocycles. The molecule has 0 amide bonds. The molecule has 0 aliphatic heterocycles. The number of halogens is 5. The van der Waals surface area contributed by atoms with Gasteiger partial charge in [0.25, 0.3) is 0 Å². The lowest BCUT2D eigenvalue weighted by atomic mass is 10.2. The monoisotopic (exact) mass is 359 g/mol. The Hall–Kier alpha value is -0.0000000000000000555. The zero-order chi connectivity index (χ0) is 11.6. The van der Waals surface area contributed by atoms with Crippen LogP contribution in [-0.2, 0) is 0 Å². The molecule has 1 aromatic carbocycles. The molecule has 15 heavy (non-hydrogen) atoms. The highest BCUT2D eigenvalue weighted by Gasteiger charge is 2.30. The molecule has 0 aliphatic rings. The highest BCUT2D eigenvalue weighted by Crippen LogP contribution is 2.30. The molecule has 0 radical (unpaired) electrons. The molecule has 0 bridgehead atoms. The highest BCUT2D eigenvalue weighted by molar-refractivity contribution is 9.10. The van der Waals surface area contributed by atoms with Gasteiger partial charge >= 0.3 is 4.83 Å². The molecule has 0 aliphatic carbocycles. The molecular weight excluding hydrogens is 355 g/mol. The number of hydrogen-bond donors (Lipinski definition) is 0. The van der Waals surface area contributed by atoms with E-state index in [1.54, 1.807) is 25.1 Å². The summed E-state index contributed by atoms with van der Waals surface area (Å²) in [5.41, 5.74) is 1.18. The van der Waals surface area contributed by atoms with Gasteiger partial charge in [-0.3, -0.25) is 0 Å². The Balaban J connectivity index is 3.09. The van der Waals surface area contributed by atoms with Gasteiger partial charge in [-0.1, -0.05) is 27.5 Å². The van der Waals surface area contributed by atoms with Crippen molar-refractivity contribution in [1.82, 2.24) is 0 Å². The SMILES string of the molecule is Cc1cc(Br)ccc1N=C(Cl)C(F)(F)Br. The van der Waals surface area contributed by atoms with Gasteiger partial charge in [0.05, 0.1) is 5.69 Å². The van der Waals surface area contributed by atoms with E-state index in [4.69, 9.17) is 11.6 Å². The minimum absolute atomic E-state index is 0.419. The largest absolute Gasteiger partial charge is 0.353 e. The van der Waals surface area contributed by atoms with Crippen molar-refractivity contribution in [1.29, 1.82) is 0 Å². The fourth-order valence-corrected chi connectivity index (χ4v) is 1.57. The van der Waals surface area contributed by atoms with Crippen LogP contribution in [-0.4, -0.2) is 10.0 Å². The van der Waals surface area contributed by atoms with Gasteiger partial charge in [0.15, 0.2) is 5.17 Å². The summed E-state index contributed by atoms with van der Waals surface area (Å²) >= 11 is 10.7. The van der Waals surface area contributed by atoms with Crippen LogP contribution in [0.25, 0.3) is 0 Å². The molecule has 0 unspecified atom stereocenters. The summed E-state index contributed by atoms with van der Waals surface area (Å²) < 4.78 is 26.2. The number of nitrogens with zero attached hydrogens (tertiary/aromatic N) is 1. The summed E-state index contributed by atoms with van der Waals surface area (Å²) in [6.07, 6.45) is 0. The van der Waals surface area contributed by atoms with Crippen LogP contribution in [0.4, 0.5) is 14.5 Å². The van der Waals surface area contributed by atoms with Gasteiger partial charge in [0.2, 0.25) is 0 Å². The van der Waals surface area contributed by atoms with E-state index in [0.717, 1.165) is 10.0 Å². The van der Waals surface area contributed by atoms with Crippen molar-refractivity contribution in [3.63, 3.8) is 0 Å². The quantitative estimate of drug-likeness (QED) is 0.518. The third kappa shape index (κ3) is 3.81. The third-order valence-electron chi connectivity index (χ3n) is 1.61. The molecule has 0 aromatic heterocycles. The number of hydrogen-bond acceptors (Lipinski definition) is 1. The van der Waals surface area contributed by atoms with Gasteiger partial charge in [0, 0.05) is 4.47 Å². The molecule has 0 spiro atoms. The average Bonchev–Trinajstić information content (AvgIpc) is 2.08. The lowest BCUT2D eigenvalue weighted by Crippen LogP contribution is -2.14. The van der Waals surface area contributed by atoms with E-state index in [0.29, 0.717) is 5.69 Å². The van der Waals surface area contributed by atoms with Gasteiger partial charge in [0.1, 0.15) is 0 Å². The van der Waals surface area contributed by atoms with Crippen molar-refractivity contribution < 1.29 is 8.78 Å². The number of aliphatic imine (C=N–C) groups is 1. The van der Waals surface area contributed by atoms with Crippen LogP contribution in [0.15, 0.2) is 27.7 Å². The van der Waals surface area contributed by atoms with Crippen LogP contribution in [0.3, 0.4) is 0 Å². The maximum Gasteiger partial charge on any atom is 0.353 e. The van der Waals surface area contributed by atoms with Crippen LogP contribution in [0.2, 0.25) is 0 Å². The molecular formula is C9H6Br2ClF2N. The Kier molecular flexibility index (Phi) is 4.26. The first-order chi connectivity index (χ1) is 6.80. The molecule has 0 atom stereocenters. The summed E-state index contributed by atoms with van der Waals surface area (Å²) in [5, 5.41) is -0.784. The Bertz CT molecular complexity index is 402. The number of aryl methyl sites for hydroxylation is 1. The van der Waals surface area contributed by atoms with Crippen LogP contribution in [0.5, 0.6) is 0 Å². The molecule has 6 heteroatoms. The smallest absolute Gasteiger partial charge is 0.234 e. The lowest BCUT2D eigenvalue weighted by Gasteiger charge is -2.06. The summed E-state index contributed by atoms with van der Waals surface area (Å²) in [6.45, 7) is 1.76. The lowest BCUT2D eigenvalue weighted by molar-refractivity contribution is 0.197. The second kappa shape index (κ2) is 4.89. The Morgan fingerprint density at radius 3 is 2.53 bits per heavy atom. The van der Waals surface area contributed by atoms with Gasteiger partial charge in [-0.05, 0) is 46.6 Å². The normalized spacial score (nSPS) is 13.1. The predicted octanol–water partition coefficient (Wildman–Crippen LogP) is 5.01. The second-order valence-electron chi connectivity index (χ2n) is 2.83. The molecule has 0 saturated heterocycles. The van der Waals surface area contributed by atoms with Crippen molar-refractivity contribution >= 4 is 54.3 Å². The van der Waals surface area contributed by atoms with Crippen LogP contribution < -0.4 is 0 Å². The highest BCUT2D eigenvalue weighted by atomic mass is 79.9. The van der Waals surface area contributed by atoms with Gasteiger partial charge in [-0.2, -0.15) is 8.78 Å². The van der Waals surface area contributed by atoms with Crippen LogP contribution >= 0.6 is 43.5 Å². The maximum absolute atomic E-state index is 12.7. The van der Waals surface area contributed by atoms with E-state index in [-0.39, 0.29) is 0 Å². The standard InChI is InChI=1S/C9H6Br2ClF2N/c1-5-4-6(10)2-3-7(5)15-8(12)9(11,13)14/h2-4H,1H3. The second-order valence-corrected chi connectivity index (χ2v) is 5.10. The van der Waals surface area contributed by atoms with E-state index < -0.39 is 10.0 Å². The predicted molar refractivity (Wildman–Crippen MR) is 65.7 cm³/mol. The summed E-state index contributed by atoms with van der Waals surface area (Å²) in [7, 11) is 0. The summed E-state index contributed by atoms with van der Waals surface area (Å²) in [4.78, 5) is 0.352. The fraction of sp³-hybridized carbons (Fsp3) is 0.222. The summed E-state index contributed by atoms with van der Waals surface area (Å²) in [6, 6.07) is 5.10. The Labute approximate surface area is 108 Å². The zero-order valence-corrected chi connectivity index (χ0v) is 11.5. The molecule has 0 N–H and O–H groups in total. The van der Waals surface area contributed by atoms with Crippen molar-refractivity contribution in [3.8, 4) is 0 Å². The molecule has 1 aromatic rings. The topological polar surface area (TPSA) is 12.4 Å². The van der Waals surface area contributed by atoms with Crippen molar-refractivity contribution in [2.24, 2.45) is 4.99 Å². The number of rotatable bonds is 2. The van der Waals surface area contributed by atoms with E-state index >= 15 is 0 Å². The Morgan fingerprint density at radius 2 is 2.07 bits per heavy atom. The molecule has 82 valence electrons. The van der Waals surface area contributed by atoms with Crippen LogP contribution in [0.1, 0.15) is 5.56 Å². The van der Waals surface area contributed by atoms with Crippen LogP contribution in [0, 0.1) is 6.92 Å². The number of benzene rings is 1.